The molecule has 0 aromatic heterocycles. The second kappa shape index (κ2) is 8.69. The highest BCUT2D eigenvalue weighted by Crippen LogP contribution is 2.30. The third-order valence-corrected chi connectivity index (χ3v) is 3.80. The molecule has 0 saturated carbocycles. The van der Waals surface area contributed by atoms with E-state index < -0.39 is 10.8 Å². The van der Waals surface area contributed by atoms with Gasteiger partial charge in [0.1, 0.15) is 28.8 Å². The van der Waals surface area contributed by atoms with Gasteiger partial charge < -0.3 is 14.8 Å². The Hall–Kier alpha value is -3.57. The van der Waals surface area contributed by atoms with Gasteiger partial charge in [-0.2, -0.15) is 5.26 Å². The first kappa shape index (κ1) is 19.8. The molecule has 1 N–H and O–H groups in total. The van der Waals surface area contributed by atoms with Crippen molar-refractivity contribution in [3.05, 3.63) is 62.7 Å². The van der Waals surface area contributed by atoms with Crippen molar-refractivity contribution in [2.24, 2.45) is 0 Å². The number of carbonyl (C=O) groups is 1. The molecule has 0 radical (unpaired) electrons. The van der Waals surface area contributed by atoms with Crippen molar-refractivity contribution < 1.29 is 19.2 Å². The Morgan fingerprint density at radius 2 is 2.00 bits per heavy atom. The lowest BCUT2D eigenvalue weighted by molar-refractivity contribution is -0.384. The fraction of sp³-hybridized carbons (Fsp3) is 0.111. The first-order chi connectivity index (χ1) is 12.9. The van der Waals surface area contributed by atoms with Gasteiger partial charge in [-0.1, -0.05) is 17.7 Å². The Morgan fingerprint density at radius 1 is 1.26 bits per heavy atom. The molecule has 0 spiro atoms. The average molecular weight is 388 g/mol. The molecule has 0 fully saturated rings. The van der Waals surface area contributed by atoms with E-state index in [1.807, 2.05) is 0 Å². The minimum Gasteiger partial charge on any atom is -0.496 e. The number of benzene rings is 2. The number of nitro groups is 1. The maximum atomic E-state index is 12.4. The fourth-order valence-electron chi connectivity index (χ4n) is 2.17. The van der Waals surface area contributed by atoms with Crippen LogP contribution < -0.4 is 14.8 Å². The van der Waals surface area contributed by atoms with Crippen LogP contribution in [0.1, 0.15) is 5.56 Å². The molecular weight excluding hydrogens is 374 g/mol. The number of ether oxygens (including phenoxy) is 2. The highest BCUT2D eigenvalue weighted by Gasteiger charge is 2.19. The minimum atomic E-state index is -0.794. The summed E-state index contributed by atoms with van der Waals surface area (Å²) >= 11 is 6.03. The number of hydrogen-bond acceptors (Lipinski definition) is 6. The van der Waals surface area contributed by atoms with E-state index in [4.69, 9.17) is 21.1 Å². The maximum absolute atomic E-state index is 12.4. The standard InChI is InChI=1S/C18H14ClN3O5/c1-26-13-4-5-15(16(9-13)22(24)25)21-18(23)12(10-20)7-11-3-6-17(27-2)14(19)8-11/h3-9H,1-2H3,(H,21,23)/b12-7+. The number of nitrogens with zero attached hydrogens (tertiary/aromatic N) is 2. The third kappa shape index (κ3) is 4.74. The van der Waals surface area contributed by atoms with Crippen molar-refractivity contribution in [3.8, 4) is 17.6 Å². The van der Waals surface area contributed by atoms with Gasteiger partial charge in [0.25, 0.3) is 11.6 Å². The van der Waals surface area contributed by atoms with Crippen molar-refractivity contribution in [1.29, 1.82) is 5.26 Å². The van der Waals surface area contributed by atoms with E-state index in [-0.39, 0.29) is 22.7 Å². The Balaban J connectivity index is 2.32. The van der Waals surface area contributed by atoms with Crippen LogP contribution >= 0.6 is 11.6 Å². The van der Waals surface area contributed by atoms with Crippen LogP contribution in [0.4, 0.5) is 11.4 Å². The molecule has 0 bridgehead atoms. The molecule has 1 amide bonds. The molecule has 0 unspecified atom stereocenters. The summed E-state index contributed by atoms with van der Waals surface area (Å²) < 4.78 is 9.98. The van der Waals surface area contributed by atoms with E-state index in [1.165, 1.54) is 44.6 Å². The molecule has 8 nitrogen and oxygen atoms in total. The number of rotatable bonds is 6. The Bertz CT molecular complexity index is 966. The summed E-state index contributed by atoms with van der Waals surface area (Å²) in [5.74, 6) is -0.0769. The number of halogens is 1. The van der Waals surface area contributed by atoms with E-state index in [2.05, 4.69) is 5.32 Å². The Labute approximate surface area is 159 Å². The van der Waals surface area contributed by atoms with Crippen LogP contribution in [0, 0.1) is 21.4 Å². The summed E-state index contributed by atoms with van der Waals surface area (Å²) in [7, 11) is 2.83. The number of nitro benzene ring substituents is 1. The molecule has 138 valence electrons. The zero-order valence-corrected chi connectivity index (χ0v) is 15.1. The molecular formula is C18H14ClN3O5. The first-order valence-electron chi connectivity index (χ1n) is 7.48. The lowest BCUT2D eigenvalue weighted by Gasteiger charge is -2.07. The summed E-state index contributed by atoms with van der Waals surface area (Å²) in [4.78, 5) is 22.9. The van der Waals surface area contributed by atoms with Crippen molar-refractivity contribution >= 4 is 35.0 Å². The molecule has 0 aliphatic carbocycles. The van der Waals surface area contributed by atoms with Gasteiger partial charge >= 0.3 is 0 Å². The van der Waals surface area contributed by atoms with Crippen molar-refractivity contribution in [2.75, 3.05) is 19.5 Å². The van der Waals surface area contributed by atoms with Gasteiger partial charge in [0, 0.05) is 0 Å². The SMILES string of the molecule is COc1ccc(NC(=O)/C(C#N)=C/c2ccc(OC)c(Cl)c2)c([N+](=O)[O-])c1. The lowest BCUT2D eigenvalue weighted by atomic mass is 10.1. The predicted octanol–water partition coefficient (Wildman–Crippen LogP) is 3.81. The van der Waals surface area contributed by atoms with Crippen molar-refractivity contribution in [1.82, 2.24) is 0 Å². The number of anilines is 1. The van der Waals surface area contributed by atoms with Crippen molar-refractivity contribution in [2.45, 2.75) is 0 Å². The quantitative estimate of drug-likeness (QED) is 0.349. The van der Waals surface area contributed by atoms with Gasteiger partial charge in [-0.05, 0) is 35.9 Å². The topological polar surface area (TPSA) is 114 Å². The molecule has 2 aromatic carbocycles. The molecule has 9 heteroatoms. The predicted molar refractivity (Wildman–Crippen MR) is 99.9 cm³/mol. The van der Waals surface area contributed by atoms with Crippen LogP contribution in [-0.2, 0) is 4.79 Å². The third-order valence-electron chi connectivity index (χ3n) is 3.50. The number of nitriles is 1. The number of methoxy groups -OCH3 is 2. The molecule has 0 aliphatic heterocycles. The van der Waals surface area contributed by atoms with E-state index in [0.29, 0.717) is 16.3 Å². The van der Waals surface area contributed by atoms with Crippen LogP contribution in [0.25, 0.3) is 6.08 Å². The second-order valence-corrected chi connectivity index (χ2v) is 5.57. The van der Waals surface area contributed by atoms with Gasteiger partial charge in [0.05, 0.1) is 30.2 Å². The van der Waals surface area contributed by atoms with Gasteiger partial charge in [-0.3, -0.25) is 14.9 Å². The van der Waals surface area contributed by atoms with Crippen molar-refractivity contribution in [3.63, 3.8) is 0 Å². The summed E-state index contributed by atoms with van der Waals surface area (Å²) in [6.07, 6.45) is 1.32. The molecule has 2 rings (SSSR count). The second-order valence-electron chi connectivity index (χ2n) is 5.16. The zero-order chi connectivity index (χ0) is 20.0. The highest BCUT2D eigenvalue weighted by atomic mass is 35.5. The van der Waals surface area contributed by atoms with E-state index in [0.717, 1.165) is 0 Å². The molecule has 27 heavy (non-hydrogen) atoms. The van der Waals surface area contributed by atoms with E-state index in [1.54, 1.807) is 18.2 Å². The maximum Gasteiger partial charge on any atom is 0.296 e. The number of amides is 1. The Morgan fingerprint density at radius 3 is 2.56 bits per heavy atom. The van der Waals surface area contributed by atoms with Crippen LogP contribution in [0.15, 0.2) is 42.0 Å². The number of nitrogens with one attached hydrogen (secondary N) is 1. The van der Waals surface area contributed by atoms with E-state index >= 15 is 0 Å². The van der Waals surface area contributed by atoms with Crippen LogP contribution in [0.5, 0.6) is 11.5 Å². The van der Waals surface area contributed by atoms with Crippen LogP contribution in [0.2, 0.25) is 5.02 Å². The summed E-state index contributed by atoms with van der Waals surface area (Å²) in [6.45, 7) is 0. The highest BCUT2D eigenvalue weighted by molar-refractivity contribution is 6.32. The molecule has 2 aromatic rings. The van der Waals surface area contributed by atoms with E-state index in [9.17, 15) is 20.2 Å². The fourth-order valence-corrected chi connectivity index (χ4v) is 2.44. The first-order valence-corrected chi connectivity index (χ1v) is 7.86. The Kier molecular flexibility index (Phi) is 6.36. The monoisotopic (exact) mass is 387 g/mol. The zero-order valence-electron chi connectivity index (χ0n) is 14.4. The lowest BCUT2D eigenvalue weighted by Crippen LogP contribution is -2.14. The molecule has 0 atom stereocenters. The smallest absolute Gasteiger partial charge is 0.296 e. The summed E-state index contributed by atoms with van der Waals surface area (Å²) in [6, 6.07) is 10.5. The van der Waals surface area contributed by atoms with Gasteiger partial charge in [0.15, 0.2) is 0 Å². The minimum absolute atomic E-state index is 0.0558. The van der Waals surface area contributed by atoms with Gasteiger partial charge in [-0.25, -0.2) is 0 Å². The molecule has 0 saturated heterocycles. The van der Waals surface area contributed by atoms with Gasteiger partial charge in [-0.15, -0.1) is 0 Å². The largest absolute Gasteiger partial charge is 0.496 e. The normalized spacial score (nSPS) is 10.7. The number of carbonyl (C=O) groups excluding carboxylic acids is 1. The van der Waals surface area contributed by atoms with Crippen LogP contribution in [-0.4, -0.2) is 25.1 Å². The number of hydrogen-bond donors (Lipinski definition) is 1. The average Bonchev–Trinajstić information content (AvgIpc) is 2.66. The van der Waals surface area contributed by atoms with Gasteiger partial charge in [0.2, 0.25) is 0 Å². The molecule has 0 heterocycles. The summed E-state index contributed by atoms with van der Waals surface area (Å²) in [5, 5.41) is 23.1. The molecule has 0 aliphatic rings. The summed E-state index contributed by atoms with van der Waals surface area (Å²) in [5.41, 5.74) is -0.162. The van der Waals surface area contributed by atoms with Crippen LogP contribution in [0.3, 0.4) is 0 Å².